The van der Waals surface area contributed by atoms with E-state index in [2.05, 4.69) is 19.2 Å². The third-order valence-corrected chi connectivity index (χ3v) is 6.35. The number of carbonyl (C=O) groups excluding carboxylic acids is 2. The highest BCUT2D eigenvalue weighted by Gasteiger charge is 2.44. The smallest absolute Gasteiger partial charge is 0.437 e. The molecule has 1 saturated carbocycles. The van der Waals surface area contributed by atoms with E-state index in [0.717, 1.165) is 49.1 Å². The number of allylic oxidation sites excluding steroid dienone is 3. The third-order valence-electron chi connectivity index (χ3n) is 6.35. The van der Waals surface area contributed by atoms with Gasteiger partial charge in [0.2, 0.25) is 0 Å². The van der Waals surface area contributed by atoms with Crippen molar-refractivity contribution in [2.45, 2.75) is 58.3 Å². The number of hydrogen-bond donors (Lipinski definition) is 1. The number of benzene rings is 1. The van der Waals surface area contributed by atoms with Crippen molar-refractivity contribution in [1.29, 1.82) is 0 Å². The summed E-state index contributed by atoms with van der Waals surface area (Å²) in [6.45, 7) is 4.17. The van der Waals surface area contributed by atoms with Crippen LogP contribution in [-0.2, 0) is 14.3 Å². The van der Waals surface area contributed by atoms with Gasteiger partial charge in [-0.05, 0) is 42.4 Å². The molecule has 160 valence electrons. The first kappa shape index (κ1) is 20.6. The topological polar surface area (TPSA) is 64.6 Å². The molecule has 0 bridgehead atoms. The lowest BCUT2D eigenvalue weighted by Crippen LogP contribution is -2.39. The molecule has 6 heteroatoms. The number of nitrogens with one attached hydrogen (secondary N) is 1. The van der Waals surface area contributed by atoms with Gasteiger partial charge in [0.15, 0.2) is 5.78 Å². The first-order valence-corrected chi connectivity index (χ1v) is 10.6. The molecule has 1 heterocycles. The van der Waals surface area contributed by atoms with E-state index in [9.17, 15) is 14.0 Å². The normalized spacial score (nSPS) is 23.9. The molecule has 3 aliphatic rings. The average molecular weight is 413 g/mol. The van der Waals surface area contributed by atoms with Crippen LogP contribution in [0, 0.1) is 17.2 Å². The van der Waals surface area contributed by atoms with E-state index in [0.29, 0.717) is 17.8 Å². The lowest BCUT2D eigenvalue weighted by atomic mass is 9.69. The molecule has 1 atom stereocenters. The van der Waals surface area contributed by atoms with Gasteiger partial charge in [-0.2, -0.15) is 0 Å². The zero-order chi connectivity index (χ0) is 21.5. The molecule has 30 heavy (non-hydrogen) atoms. The zero-order valence-corrected chi connectivity index (χ0v) is 17.7. The number of ketones is 1. The van der Waals surface area contributed by atoms with Crippen molar-refractivity contribution in [2.75, 3.05) is 7.11 Å². The molecule has 4 rings (SSSR count). The molecule has 0 radical (unpaired) electrons. The number of hydrogen-bond acceptors (Lipinski definition) is 5. The maximum atomic E-state index is 13.6. The molecule has 5 nitrogen and oxygen atoms in total. The van der Waals surface area contributed by atoms with Crippen LogP contribution in [0.2, 0.25) is 0 Å². The summed E-state index contributed by atoms with van der Waals surface area (Å²) in [6.07, 6.45) is 4.53. The van der Waals surface area contributed by atoms with Gasteiger partial charge in [-0.25, -0.2) is 9.18 Å². The average Bonchev–Trinajstić information content (AvgIpc) is 3.22. The number of Topliss-reactive ketones (excluding diaryl/α,β-unsaturated/α-hetero) is 1. The second-order valence-electron chi connectivity index (χ2n) is 9.26. The lowest BCUT2D eigenvalue weighted by Gasteiger charge is -2.40. The van der Waals surface area contributed by atoms with Crippen LogP contribution in [0.1, 0.15) is 63.9 Å². The minimum atomic E-state index is -0.818. The molecule has 2 aliphatic carbocycles. The van der Waals surface area contributed by atoms with E-state index < -0.39 is 12.1 Å². The summed E-state index contributed by atoms with van der Waals surface area (Å²) in [7, 11) is 1.26. The van der Waals surface area contributed by atoms with Crippen molar-refractivity contribution in [3.05, 3.63) is 58.4 Å². The van der Waals surface area contributed by atoms with Crippen LogP contribution < -0.4 is 5.32 Å². The highest BCUT2D eigenvalue weighted by molar-refractivity contribution is 6.00. The second-order valence-corrected chi connectivity index (χ2v) is 9.26. The van der Waals surface area contributed by atoms with Gasteiger partial charge in [0, 0.05) is 23.6 Å². The highest BCUT2D eigenvalue weighted by Crippen LogP contribution is 2.49. The number of halogens is 1. The fourth-order valence-corrected chi connectivity index (χ4v) is 5.03. The predicted molar refractivity (Wildman–Crippen MR) is 110 cm³/mol. The molecule has 1 fully saturated rings. The second kappa shape index (κ2) is 7.89. The van der Waals surface area contributed by atoms with Crippen LogP contribution >= 0.6 is 0 Å². The Labute approximate surface area is 176 Å². The summed E-state index contributed by atoms with van der Waals surface area (Å²) >= 11 is 0. The minimum Gasteiger partial charge on any atom is -0.437 e. The molecule has 1 unspecified atom stereocenters. The van der Waals surface area contributed by atoms with Crippen molar-refractivity contribution in [3.8, 4) is 0 Å². The van der Waals surface area contributed by atoms with Crippen molar-refractivity contribution < 1.29 is 23.5 Å². The summed E-state index contributed by atoms with van der Waals surface area (Å²) < 4.78 is 24.1. The first-order valence-electron chi connectivity index (χ1n) is 10.6. The van der Waals surface area contributed by atoms with Gasteiger partial charge >= 0.3 is 6.16 Å². The quantitative estimate of drug-likeness (QED) is 0.678. The van der Waals surface area contributed by atoms with E-state index in [1.54, 1.807) is 12.1 Å². The van der Waals surface area contributed by atoms with Crippen LogP contribution in [0.4, 0.5) is 9.18 Å². The van der Waals surface area contributed by atoms with Gasteiger partial charge in [0.05, 0.1) is 18.7 Å². The van der Waals surface area contributed by atoms with Gasteiger partial charge < -0.3 is 14.8 Å². The number of carbonyl (C=O) groups is 2. The van der Waals surface area contributed by atoms with Crippen LogP contribution in [-0.4, -0.2) is 19.0 Å². The Kier molecular flexibility index (Phi) is 5.43. The third kappa shape index (κ3) is 3.87. The van der Waals surface area contributed by atoms with Crippen LogP contribution in [0.5, 0.6) is 0 Å². The monoisotopic (exact) mass is 413 g/mol. The first-order chi connectivity index (χ1) is 14.3. The molecule has 0 saturated heterocycles. The number of dihydropyridines is 1. The Bertz CT molecular complexity index is 923. The standard InChI is InChI=1S/C24H28FNO4/c1-24(2)12-17-20(18(27)13-24)19(14-8-10-16(25)11-9-14)22(30-23(28)29-3)21(26-17)15-6-4-5-7-15/h8-11,15,19,26H,4-7,12-13H2,1-3H3. The Morgan fingerprint density at radius 1 is 1.13 bits per heavy atom. The largest absolute Gasteiger partial charge is 0.513 e. The maximum Gasteiger partial charge on any atom is 0.513 e. The summed E-state index contributed by atoms with van der Waals surface area (Å²) in [4.78, 5) is 25.4. The number of methoxy groups -OCH3 is 1. The van der Waals surface area contributed by atoms with Crippen molar-refractivity contribution in [1.82, 2.24) is 5.32 Å². The summed E-state index contributed by atoms with van der Waals surface area (Å²) in [6, 6.07) is 6.07. The van der Waals surface area contributed by atoms with Crippen LogP contribution in [0.15, 0.2) is 47.0 Å². The van der Waals surface area contributed by atoms with Gasteiger partial charge in [-0.15, -0.1) is 0 Å². The Morgan fingerprint density at radius 2 is 1.80 bits per heavy atom. The lowest BCUT2D eigenvalue weighted by molar-refractivity contribution is -0.118. The van der Waals surface area contributed by atoms with Gasteiger partial charge in [-0.3, -0.25) is 4.79 Å². The van der Waals surface area contributed by atoms with E-state index in [1.807, 2.05) is 0 Å². The summed E-state index contributed by atoms with van der Waals surface area (Å²) in [5.41, 5.74) is 2.94. The Balaban J connectivity index is 1.89. The fourth-order valence-electron chi connectivity index (χ4n) is 5.03. The van der Waals surface area contributed by atoms with E-state index in [-0.39, 0.29) is 22.9 Å². The van der Waals surface area contributed by atoms with E-state index >= 15 is 0 Å². The Morgan fingerprint density at radius 3 is 2.43 bits per heavy atom. The van der Waals surface area contributed by atoms with E-state index in [1.165, 1.54) is 19.2 Å². The summed E-state index contributed by atoms with van der Waals surface area (Å²) in [5.74, 6) is -0.248. The highest BCUT2D eigenvalue weighted by atomic mass is 19.1. The molecule has 1 N–H and O–H groups in total. The van der Waals surface area contributed by atoms with E-state index in [4.69, 9.17) is 9.47 Å². The van der Waals surface area contributed by atoms with Gasteiger partial charge in [-0.1, -0.05) is 38.8 Å². The molecular formula is C24H28FNO4. The minimum absolute atomic E-state index is 0.0273. The molecule has 0 aromatic heterocycles. The SMILES string of the molecule is COC(=O)OC1=C(C2CCCC2)NC2=C(C(=O)CC(C)(C)C2)C1c1ccc(F)cc1. The molecule has 1 aliphatic heterocycles. The van der Waals surface area contributed by atoms with Crippen molar-refractivity contribution in [2.24, 2.45) is 11.3 Å². The zero-order valence-electron chi connectivity index (χ0n) is 17.7. The fraction of sp³-hybridized carbons (Fsp3) is 0.500. The molecule has 0 spiro atoms. The number of ether oxygens (including phenoxy) is 2. The number of rotatable bonds is 3. The van der Waals surface area contributed by atoms with Crippen molar-refractivity contribution >= 4 is 11.9 Å². The molecule has 1 aromatic rings. The van der Waals surface area contributed by atoms with Crippen LogP contribution in [0.25, 0.3) is 0 Å². The van der Waals surface area contributed by atoms with Gasteiger partial charge in [0.25, 0.3) is 0 Å². The molecule has 1 aromatic carbocycles. The predicted octanol–water partition coefficient (Wildman–Crippen LogP) is 5.34. The van der Waals surface area contributed by atoms with Gasteiger partial charge in [0.1, 0.15) is 11.6 Å². The van der Waals surface area contributed by atoms with Crippen molar-refractivity contribution in [3.63, 3.8) is 0 Å². The molecule has 0 amide bonds. The Hall–Kier alpha value is -2.63. The van der Waals surface area contributed by atoms with Crippen LogP contribution in [0.3, 0.4) is 0 Å². The summed E-state index contributed by atoms with van der Waals surface area (Å²) in [5, 5.41) is 3.51. The molecular weight excluding hydrogens is 385 g/mol. The maximum absolute atomic E-state index is 13.6.